The van der Waals surface area contributed by atoms with Gasteiger partial charge in [0.05, 0.1) is 10.6 Å². The van der Waals surface area contributed by atoms with E-state index in [1.54, 1.807) is 37.3 Å². The first kappa shape index (κ1) is 13.8. The first-order chi connectivity index (χ1) is 9.91. The highest BCUT2D eigenvalue weighted by atomic mass is 32.2. The molecular weight excluding hydrogens is 286 g/mol. The Hall–Kier alpha value is -2.21. The third-order valence-corrected chi connectivity index (χ3v) is 5.30. The molecule has 0 unspecified atom stereocenters. The van der Waals surface area contributed by atoms with Crippen molar-refractivity contribution in [3.63, 3.8) is 0 Å². The van der Waals surface area contributed by atoms with Crippen LogP contribution in [0, 0.1) is 20.8 Å². The average Bonchev–Trinajstić information content (AvgIpc) is 2.77. The molecule has 0 saturated carbocycles. The van der Waals surface area contributed by atoms with Crippen LogP contribution in [0.1, 0.15) is 17.0 Å². The highest BCUT2D eigenvalue weighted by molar-refractivity contribution is 7.90. The van der Waals surface area contributed by atoms with E-state index in [-0.39, 0.29) is 4.90 Å². The normalized spacial score (nSPS) is 12.0. The molecule has 0 fully saturated rings. The standard InChI is InChI=1S/C15H15N3O2S/c1-10-4-6-13(7-5-10)21(19,20)18-11(2)8-14-12(3)16-9-17-15(14)18/h4-9H,1-3H3. The average molecular weight is 301 g/mol. The molecule has 0 atom stereocenters. The Labute approximate surface area is 123 Å². The zero-order valence-electron chi connectivity index (χ0n) is 12.0. The molecule has 21 heavy (non-hydrogen) atoms. The van der Waals surface area contributed by atoms with Gasteiger partial charge in [-0.1, -0.05) is 17.7 Å². The molecule has 0 aliphatic heterocycles. The van der Waals surface area contributed by atoms with Crippen molar-refractivity contribution < 1.29 is 8.42 Å². The number of benzene rings is 1. The van der Waals surface area contributed by atoms with E-state index < -0.39 is 10.0 Å². The molecule has 0 bridgehead atoms. The second-order valence-corrected chi connectivity index (χ2v) is 6.85. The number of nitrogens with zero attached hydrogens (tertiary/aromatic N) is 3. The number of hydrogen-bond donors (Lipinski definition) is 0. The Balaban J connectivity index is 2.31. The van der Waals surface area contributed by atoms with Crippen LogP contribution in [0.5, 0.6) is 0 Å². The molecule has 0 saturated heterocycles. The van der Waals surface area contributed by atoms with Gasteiger partial charge in [0.1, 0.15) is 6.33 Å². The zero-order chi connectivity index (χ0) is 15.2. The molecule has 2 aromatic heterocycles. The quantitative estimate of drug-likeness (QED) is 0.730. The molecule has 2 heterocycles. The minimum absolute atomic E-state index is 0.255. The highest BCUT2D eigenvalue weighted by Gasteiger charge is 2.22. The molecule has 0 radical (unpaired) electrons. The van der Waals surface area contributed by atoms with Gasteiger partial charge in [-0.2, -0.15) is 0 Å². The molecule has 108 valence electrons. The van der Waals surface area contributed by atoms with Crippen LogP contribution in [0.4, 0.5) is 0 Å². The molecule has 3 aromatic rings. The predicted molar refractivity (Wildman–Crippen MR) is 80.8 cm³/mol. The smallest absolute Gasteiger partial charge is 0.241 e. The Morgan fingerprint density at radius 1 is 1.00 bits per heavy atom. The van der Waals surface area contributed by atoms with Crippen LogP contribution in [0.2, 0.25) is 0 Å². The molecule has 0 aliphatic rings. The van der Waals surface area contributed by atoms with Crippen LogP contribution in [-0.2, 0) is 10.0 Å². The summed E-state index contributed by atoms with van der Waals surface area (Å²) in [7, 11) is -3.66. The van der Waals surface area contributed by atoms with Gasteiger partial charge in [0, 0.05) is 11.1 Å². The predicted octanol–water partition coefficient (Wildman–Crippen LogP) is 2.59. The second-order valence-electron chi connectivity index (χ2n) is 5.06. The van der Waals surface area contributed by atoms with Gasteiger partial charge >= 0.3 is 0 Å². The fourth-order valence-corrected chi connectivity index (χ4v) is 3.85. The number of fused-ring (bicyclic) bond motifs is 1. The van der Waals surface area contributed by atoms with Crippen LogP contribution in [-0.4, -0.2) is 22.4 Å². The van der Waals surface area contributed by atoms with Crippen molar-refractivity contribution in [1.82, 2.24) is 13.9 Å². The van der Waals surface area contributed by atoms with Gasteiger partial charge in [0.2, 0.25) is 0 Å². The molecule has 3 rings (SSSR count). The number of aryl methyl sites for hydroxylation is 3. The van der Waals surface area contributed by atoms with Crippen LogP contribution >= 0.6 is 0 Å². The molecule has 1 aromatic carbocycles. The first-order valence-electron chi connectivity index (χ1n) is 6.53. The van der Waals surface area contributed by atoms with E-state index in [0.717, 1.165) is 16.6 Å². The van der Waals surface area contributed by atoms with Crippen molar-refractivity contribution in [2.45, 2.75) is 25.7 Å². The highest BCUT2D eigenvalue weighted by Crippen LogP contribution is 2.25. The summed E-state index contributed by atoms with van der Waals surface area (Å²) in [5, 5.41) is 0.755. The van der Waals surface area contributed by atoms with Gasteiger partial charge in [0.15, 0.2) is 5.65 Å². The Morgan fingerprint density at radius 2 is 1.67 bits per heavy atom. The SMILES string of the molecule is Cc1ccc(S(=O)(=O)n2c(C)cc3c(C)ncnc32)cc1. The summed E-state index contributed by atoms with van der Waals surface area (Å²) in [5.41, 5.74) is 2.82. The van der Waals surface area contributed by atoms with E-state index in [0.29, 0.717) is 11.3 Å². The molecule has 5 nitrogen and oxygen atoms in total. The number of hydrogen-bond acceptors (Lipinski definition) is 4. The zero-order valence-corrected chi connectivity index (χ0v) is 12.8. The van der Waals surface area contributed by atoms with Crippen LogP contribution in [0.25, 0.3) is 11.0 Å². The van der Waals surface area contributed by atoms with E-state index in [1.807, 2.05) is 13.8 Å². The van der Waals surface area contributed by atoms with Gasteiger partial charge in [0.25, 0.3) is 10.0 Å². The van der Waals surface area contributed by atoms with Crippen molar-refractivity contribution in [3.8, 4) is 0 Å². The van der Waals surface area contributed by atoms with Crippen LogP contribution in [0.15, 0.2) is 41.6 Å². The maximum absolute atomic E-state index is 12.9. The van der Waals surface area contributed by atoms with Crippen LogP contribution in [0.3, 0.4) is 0 Å². The second kappa shape index (κ2) is 4.66. The van der Waals surface area contributed by atoms with E-state index in [4.69, 9.17) is 0 Å². The minimum Gasteiger partial charge on any atom is -0.241 e. The largest absolute Gasteiger partial charge is 0.269 e. The topological polar surface area (TPSA) is 64.8 Å². The molecular formula is C15H15N3O2S. The van der Waals surface area contributed by atoms with Crippen molar-refractivity contribution in [2.75, 3.05) is 0 Å². The number of aromatic nitrogens is 3. The van der Waals surface area contributed by atoms with Gasteiger partial charge in [-0.05, 0) is 39.0 Å². The molecule has 0 amide bonds. The lowest BCUT2D eigenvalue weighted by Crippen LogP contribution is -2.15. The summed E-state index contributed by atoms with van der Waals surface area (Å²) in [6.07, 6.45) is 1.39. The maximum Gasteiger partial charge on any atom is 0.269 e. The summed E-state index contributed by atoms with van der Waals surface area (Å²) in [6.45, 7) is 5.52. The Kier molecular flexibility index (Phi) is 3.06. The summed E-state index contributed by atoms with van der Waals surface area (Å²) in [4.78, 5) is 8.51. The van der Waals surface area contributed by atoms with E-state index in [2.05, 4.69) is 9.97 Å². The van der Waals surface area contributed by atoms with Crippen molar-refractivity contribution in [1.29, 1.82) is 0 Å². The summed E-state index contributed by atoms with van der Waals surface area (Å²) in [6, 6.07) is 8.60. The van der Waals surface area contributed by atoms with Gasteiger partial charge in [-0.15, -0.1) is 0 Å². The molecule has 0 N–H and O–H groups in total. The Morgan fingerprint density at radius 3 is 2.33 bits per heavy atom. The van der Waals surface area contributed by atoms with Crippen LogP contribution < -0.4 is 0 Å². The Bertz CT molecular complexity index is 925. The summed E-state index contributed by atoms with van der Waals surface area (Å²) in [5.74, 6) is 0. The lowest BCUT2D eigenvalue weighted by molar-refractivity contribution is 0.587. The fraction of sp³-hybridized carbons (Fsp3) is 0.200. The van der Waals surface area contributed by atoms with Crippen molar-refractivity contribution in [3.05, 3.63) is 53.6 Å². The third kappa shape index (κ3) is 2.12. The summed E-state index contributed by atoms with van der Waals surface area (Å²) >= 11 is 0. The van der Waals surface area contributed by atoms with Gasteiger partial charge < -0.3 is 0 Å². The lowest BCUT2D eigenvalue weighted by Gasteiger charge is -2.09. The summed E-state index contributed by atoms with van der Waals surface area (Å²) < 4.78 is 27.0. The first-order valence-corrected chi connectivity index (χ1v) is 7.97. The molecule has 6 heteroatoms. The van der Waals surface area contributed by atoms with Crippen molar-refractivity contribution >= 4 is 21.1 Å². The lowest BCUT2D eigenvalue weighted by atomic mass is 10.2. The molecule has 0 spiro atoms. The van der Waals surface area contributed by atoms with E-state index in [9.17, 15) is 8.42 Å². The minimum atomic E-state index is -3.66. The molecule has 0 aliphatic carbocycles. The maximum atomic E-state index is 12.9. The van der Waals surface area contributed by atoms with Gasteiger partial charge in [-0.25, -0.2) is 22.4 Å². The fourth-order valence-electron chi connectivity index (χ4n) is 2.36. The monoisotopic (exact) mass is 301 g/mol. The van der Waals surface area contributed by atoms with Crippen molar-refractivity contribution in [2.24, 2.45) is 0 Å². The number of rotatable bonds is 2. The van der Waals surface area contributed by atoms with E-state index in [1.165, 1.54) is 10.3 Å². The van der Waals surface area contributed by atoms with E-state index >= 15 is 0 Å². The van der Waals surface area contributed by atoms with Gasteiger partial charge in [-0.3, -0.25) is 0 Å². The third-order valence-electron chi connectivity index (χ3n) is 3.49.